The van der Waals surface area contributed by atoms with Crippen molar-refractivity contribution >= 4 is 12.1 Å². The van der Waals surface area contributed by atoms with Crippen molar-refractivity contribution in [1.29, 1.82) is 0 Å². The molecular formula is C9H13N2+. The Bertz CT molecular complexity index is 234. The molecule has 2 aliphatic rings. The molecule has 2 heteroatoms. The van der Waals surface area contributed by atoms with Crippen molar-refractivity contribution in [3.05, 3.63) is 12.2 Å². The van der Waals surface area contributed by atoms with Gasteiger partial charge in [-0.25, -0.2) is 4.67 Å². The Morgan fingerprint density at radius 1 is 1.45 bits per heavy atom. The number of allylic oxidation sites excluding steroid dienone is 2. The van der Waals surface area contributed by atoms with Gasteiger partial charge in [-0.3, -0.25) is 5.32 Å². The predicted octanol–water partition coefficient (Wildman–Crippen LogP) is 0.482. The second kappa shape index (κ2) is 2.93. The molecule has 2 rings (SSSR count). The lowest BCUT2D eigenvalue weighted by Gasteiger charge is -2.12. The molecule has 0 amide bonds. The topological polar surface area (TPSA) is 26.1 Å². The zero-order valence-electron chi connectivity index (χ0n) is 6.59. The number of hydrogen-bond donors (Lipinski definition) is 1. The van der Waals surface area contributed by atoms with Gasteiger partial charge in [0.25, 0.3) is 0 Å². The molecule has 1 aliphatic carbocycles. The number of nitrogens with zero attached hydrogens (tertiary/aromatic N) is 1. The molecule has 0 spiro atoms. The minimum absolute atomic E-state index is 0.714. The van der Waals surface area contributed by atoms with Crippen molar-refractivity contribution in [3.8, 4) is 0 Å². The van der Waals surface area contributed by atoms with Gasteiger partial charge in [-0.2, -0.15) is 0 Å². The van der Waals surface area contributed by atoms with Crippen LogP contribution in [-0.2, 0) is 0 Å². The van der Waals surface area contributed by atoms with Crippen molar-refractivity contribution in [3.63, 3.8) is 0 Å². The minimum atomic E-state index is 0.714. The van der Waals surface area contributed by atoms with Crippen LogP contribution >= 0.6 is 0 Å². The van der Waals surface area contributed by atoms with Crippen molar-refractivity contribution < 1.29 is 0 Å². The monoisotopic (exact) mass is 149 g/mol. The van der Waals surface area contributed by atoms with E-state index in [2.05, 4.69) is 22.1 Å². The fraction of sp³-hybridized carbons (Fsp3) is 0.556. The van der Waals surface area contributed by atoms with E-state index in [1.165, 1.54) is 25.0 Å². The summed E-state index contributed by atoms with van der Waals surface area (Å²) in [6, 6.07) is 0. The van der Waals surface area contributed by atoms with Crippen molar-refractivity contribution in [2.45, 2.75) is 19.3 Å². The van der Waals surface area contributed by atoms with Gasteiger partial charge in [-0.1, -0.05) is 12.2 Å². The van der Waals surface area contributed by atoms with Crippen molar-refractivity contribution in [2.75, 3.05) is 6.54 Å². The first-order chi connectivity index (χ1) is 5.47. The molecule has 0 aromatic heterocycles. The average molecular weight is 149 g/mol. The summed E-state index contributed by atoms with van der Waals surface area (Å²) in [5.41, 5.74) is 1.34. The highest BCUT2D eigenvalue weighted by molar-refractivity contribution is 5.94. The molecule has 0 aromatic carbocycles. The molecule has 11 heavy (non-hydrogen) atoms. The van der Waals surface area contributed by atoms with Crippen molar-refractivity contribution in [2.24, 2.45) is 5.92 Å². The molecular weight excluding hydrogens is 136 g/mol. The zero-order chi connectivity index (χ0) is 7.52. The Kier molecular flexibility index (Phi) is 1.78. The molecule has 1 atom stereocenters. The molecule has 1 aliphatic heterocycles. The van der Waals surface area contributed by atoms with Crippen LogP contribution in [0.15, 0.2) is 12.2 Å². The normalized spacial score (nSPS) is 28.4. The van der Waals surface area contributed by atoms with Crippen LogP contribution in [0.5, 0.6) is 0 Å². The highest BCUT2D eigenvalue weighted by atomic mass is 15.0. The highest BCUT2D eigenvalue weighted by Crippen LogP contribution is 2.18. The summed E-state index contributed by atoms with van der Waals surface area (Å²) >= 11 is 0. The molecule has 0 aromatic rings. The Labute approximate surface area is 66.7 Å². The van der Waals surface area contributed by atoms with Gasteiger partial charge in [0.05, 0.1) is 0 Å². The molecule has 0 bridgehead atoms. The summed E-state index contributed by atoms with van der Waals surface area (Å²) in [5, 5.41) is 3.12. The summed E-state index contributed by atoms with van der Waals surface area (Å²) in [6.45, 7) is 0.971. The first kappa shape index (κ1) is 6.68. The molecule has 1 heterocycles. The molecule has 0 saturated heterocycles. The Balaban J connectivity index is 2.05. The van der Waals surface area contributed by atoms with E-state index in [9.17, 15) is 0 Å². The van der Waals surface area contributed by atoms with E-state index in [-0.39, 0.29) is 0 Å². The summed E-state index contributed by atoms with van der Waals surface area (Å²) in [6.07, 6.45) is 10.1. The van der Waals surface area contributed by atoms with Crippen LogP contribution in [0.3, 0.4) is 0 Å². The third kappa shape index (κ3) is 1.36. The van der Waals surface area contributed by atoms with Crippen LogP contribution in [0.1, 0.15) is 19.3 Å². The summed E-state index contributed by atoms with van der Waals surface area (Å²) < 4.78 is 4.31. The second-order valence-corrected chi connectivity index (χ2v) is 3.11. The van der Waals surface area contributed by atoms with Gasteiger partial charge >= 0.3 is 6.34 Å². The lowest BCUT2D eigenvalue weighted by Crippen LogP contribution is -2.23. The molecule has 0 fully saturated rings. The van der Waals surface area contributed by atoms with Gasteiger partial charge in [-0.05, 0) is 19.3 Å². The SMILES string of the molecule is C1=CC[C@@H](C2=[N+]=CNC2)CC1. The fourth-order valence-electron chi connectivity index (χ4n) is 1.67. The third-order valence-electron chi connectivity index (χ3n) is 2.35. The Hall–Kier alpha value is -1.01. The van der Waals surface area contributed by atoms with Gasteiger partial charge in [0.1, 0.15) is 0 Å². The molecule has 0 unspecified atom stereocenters. The van der Waals surface area contributed by atoms with Crippen LogP contribution in [0, 0.1) is 5.92 Å². The minimum Gasteiger partial charge on any atom is -0.258 e. The molecule has 0 saturated carbocycles. The van der Waals surface area contributed by atoms with Crippen LogP contribution in [0.25, 0.3) is 0 Å². The standard InChI is InChI=1S/C9H12N2/c1-2-4-8(5-3-1)9-6-10-7-11-9/h1-2,7-8H,3-6H2/p+1/t8-/m1/s1. The number of nitrogens with one attached hydrogen (secondary N) is 1. The highest BCUT2D eigenvalue weighted by Gasteiger charge is 2.23. The fourth-order valence-corrected chi connectivity index (χ4v) is 1.67. The third-order valence-corrected chi connectivity index (χ3v) is 2.35. The lowest BCUT2D eigenvalue weighted by atomic mass is 9.90. The average Bonchev–Trinajstić information content (AvgIpc) is 2.58. The summed E-state index contributed by atoms with van der Waals surface area (Å²) in [5.74, 6) is 0.714. The first-order valence-corrected chi connectivity index (χ1v) is 4.23. The van der Waals surface area contributed by atoms with Gasteiger partial charge in [0.2, 0.25) is 5.71 Å². The number of rotatable bonds is 1. The Morgan fingerprint density at radius 2 is 2.45 bits per heavy atom. The van der Waals surface area contributed by atoms with E-state index in [0.29, 0.717) is 5.92 Å². The van der Waals surface area contributed by atoms with E-state index in [0.717, 1.165) is 6.54 Å². The van der Waals surface area contributed by atoms with Gasteiger partial charge < -0.3 is 0 Å². The molecule has 2 nitrogen and oxygen atoms in total. The van der Waals surface area contributed by atoms with E-state index in [1.807, 2.05) is 6.34 Å². The molecule has 1 N–H and O–H groups in total. The van der Waals surface area contributed by atoms with Crippen LogP contribution in [0.4, 0.5) is 0 Å². The molecule has 0 radical (unpaired) electrons. The van der Waals surface area contributed by atoms with Crippen LogP contribution in [-0.4, -0.2) is 18.6 Å². The van der Waals surface area contributed by atoms with Gasteiger partial charge in [0.15, 0.2) is 6.54 Å². The predicted molar refractivity (Wildman–Crippen MR) is 47.7 cm³/mol. The number of hydrogen-bond acceptors (Lipinski definition) is 1. The van der Waals surface area contributed by atoms with E-state index in [1.54, 1.807) is 0 Å². The summed E-state index contributed by atoms with van der Waals surface area (Å²) in [4.78, 5) is 0. The van der Waals surface area contributed by atoms with Crippen molar-refractivity contribution in [1.82, 2.24) is 9.98 Å². The van der Waals surface area contributed by atoms with Crippen LogP contribution < -0.4 is 9.98 Å². The maximum atomic E-state index is 4.31. The first-order valence-electron chi connectivity index (χ1n) is 4.23. The maximum Gasteiger partial charge on any atom is 0.331 e. The summed E-state index contributed by atoms with van der Waals surface area (Å²) in [7, 11) is 0. The van der Waals surface area contributed by atoms with Gasteiger partial charge in [0, 0.05) is 5.92 Å². The lowest BCUT2D eigenvalue weighted by molar-refractivity contribution is 0.611. The second-order valence-electron chi connectivity index (χ2n) is 3.11. The molecule has 58 valence electrons. The Morgan fingerprint density at radius 3 is 3.09 bits per heavy atom. The maximum absolute atomic E-state index is 4.31. The van der Waals surface area contributed by atoms with E-state index >= 15 is 0 Å². The van der Waals surface area contributed by atoms with Gasteiger partial charge in [-0.15, -0.1) is 0 Å². The van der Waals surface area contributed by atoms with E-state index < -0.39 is 0 Å². The quantitative estimate of drug-likeness (QED) is 0.426. The largest absolute Gasteiger partial charge is 0.331 e. The smallest absolute Gasteiger partial charge is 0.258 e. The van der Waals surface area contributed by atoms with E-state index in [4.69, 9.17) is 0 Å². The van der Waals surface area contributed by atoms with Crippen LogP contribution in [0.2, 0.25) is 0 Å². The zero-order valence-corrected chi connectivity index (χ0v) is 6.59.